The van der Waals surface area contributed by atoms with Crippen molar-refractivity contribution in [3.8, 4) is 0 Å². The molecule has 0 saturated carbocycles. The topological polar surface area (TPSA) is 87.4 Å². The van der Waals surface area contributed by atoms with Crippen molar-refractivity contribution < 1.29 is 9.90 Å². The number of aryl methyl sites for hydroxylation is 2. The number of rotatable bonds is 4. The van der Waals surface area contributed by atoms with Crippen LogP contribution in [-0.4, -0.2) is 67.9 Å². The normalized spacial score (nSPS) is 24.9. The molecule has 29 heavy (non-hydrogen) atoms. The second kappa shape index (κ2) is 8.10. The van der Waals surface area contributed by atoms with Crippen LogP contribution in [0, 0.1) is 12.3 Å². The lowest BCUT2D eigenvalue weighted by atomic mass is 9.71. The Morgan fingerprint density at radius 3 is 2.97 bits per heavy atom. The van der Waals surface area contributed by atoms with Gasteiger partial charge in [0.05, 0.1) is 6.10 Å². The van der Waals surface area contributed by atoms with Gasteiger partial charge in [0.25, 0.3) is 0 Å². The van der Waals surface area contributed by atoms with Crippen LogP contribution in [0.5, 0.6) is 0 Å². The van der Waals surface area contributed by atoms with Gasteiger partial charge in [0, 0.05) is 55.7 Å². The first-order valence-electron chi connectivity index (χ1n) is 10.5. The summed E-state index contributed by atoms with van der Waals surface area (Å²) in [7, 11) is 0. The highest BCUT2D eigenvalue weighted by atomic mass is 16.3. The predicted molar refractivity (Wildman–Crippen MR) is 109 cm³/mol. The Balaban J connectivity index is 1.54. The molecule has 156 valence electrons. The van der Waals surface area contributed by atoms with Gasteiger partial charge in [0.1, 0.15) is 18.2 Å². The van der Waals surface area contributed by atoms with Crippen LogP contribution in [0.2, 0.25) is 0 Å². The van der Waals surface area contributed by atoms with Gasteiger partial charge in [-0.2, -0.15) is 5.10 Å². The summed E-state index contributed by atoms with van der Waals surface area (Å²) in [5, 5.41) is 15.1. The molecular formula is C21H30N6O2. The van der Waals surface area contributed by atoms with Gasteiger partial charge >= 0.3 is 0 Å². The molecule has 8 heteroatoms. The predicted octanol–water partition coefficient (Wildman–Crippen LogP) is 1.42. The minimum absolute atomic E-state index is 0.0595. The Hall–Kier alpha value is -2.48. The van der Waals surface area contributed by atoms with E-state index in [9.17, 15) is 9.90 Å². The molecule has 2 aromatic rings. The Morgan fingerprint density at radius 2 is 2.21 bits per heavy atom. The molecule has 0 aromatic carbocycles. The van der Waals surface area contributed by atoms with Gasteiger partial charge in [-0.25, -0.2) is 9.97 Å². The van der Waals surface area contributed by atoms with Gasteiger partial charge < -0.3 is 14.9 Å². The van der Waals surface area contributed by atoms with Crippen molar-refractivity contribution in [2.45, 2.75) is 52.2 Å². The molecular weight excluding hydrogens is 368 g/mol. The minimum atomic E-state index is -0.410. The molecule has 0 bridgehead atoms. The van der Waals surface area contributed by atoms with Crippen molar-refractivity contribution in [1.29, 1.82) is 0 Å². The summed E-state index contributed by atoms with van der Waals surface area (Å²) in [5.74, 6) is 1.80. The molecule has 4 rings (SSSR count). The Kier molecular flexibility index (Phi) is 5.54. The molecule has 1 unspecified atom stereocenters. The van der Waals surface area contributed by atoms with Gasteiger partial charge in [-0.1, -0.05) is 6.92 Å². The lowest BCUT2D eigenvalue weighted by Crippen LogP contribution is -2.60. The summed E-state index contributed by atoms with van der Waals surface area (Å²) in [4.78, 5) is 26.1. The first-order valence-corrected chi connectivity index (χ1v) is 10.5. The van der Waals surface area contributed by atoms with E-state index in [-0.39, 0.29) is 17.9 Å². The zero-order chi connectivity index (χ0) is 20.4. The summed E-state index contributed by atoms with van der Waals surface area (Å²) in [6, 6.07) is 1.82. The smallest absolute Gasteiger partial charge is 0.244 e. The van der Waals surface area contributed by atoms with Crippen LogP contribution in [-0.2, 0) is 17.8 Å². The Labute approximate surface area is 171 Å². The van der Waals surface area contributed by atoms with Gasteiger partial charge in [0.2, 0.25) is 5.91 Å². The maximum Gasteiger partial charge on any atom is 0.244 e. The third kappa shape index (κ3) is 3.99. The Morgan fingerprint density at radius 1 is 1.34 bits per heavy atom. The fourth-order valence-corrected chi connectivity index (χ4v) is 4.74. The number of hydrogen-bond donors (Lipinski definition) is 1. The standard InChI is InChI=1S/C21H30N6O2/c1-3-17-12-22-16(2)24-20(17)26-11-6-18(28)21(15-26)7-4-9-25(14-21)19(29)13-27-10-5-8-23-27/h5,8,10,12,18,28H,3-4,6-7,9,11,13-15H2,1-2H3/t18?,21-/m0/s1. The lowest BCUT2D eigenvalue weighted by molar-refractivity contribution is -0.138. The number of amides is 1. The van der Waals surface area contributed by atoms with E-state index in [2.05, 4.69) is 21.9 Å². The quantitative estimate of drug-likeness (QED) is 0.838. The number of aliphatic hydroxyl groups is 1. The van der Waals surface area contributed by atoms with Crippen LogP contribution in [0.3, 0.4) is 0 Å². The SMILES string of the molecule is CCc1cnc(C)nc1N1CCC(O)[C@]2(CCCN(C(=O)Cn3cccn3)C2)C1. The number of nitrogens with zero attached hydrogens (tertiary/aromatic N) is 6. The second-order valence-electron chi connectivity index (χ2n) is 8.33. The number of anilines is 1. The van der Waals surface area contributed by atoms with Crippen molar-refractivity contribution in [1.82, 2.24) is 24.6 Å². The van der Waals surface area contributed by atoms with Crippen LogP contribution in [0.25, 0.3) is 0 Å². The molecule has 1 N–H and O–H groups in total. The molecule has 8 nitrogen and oxygen atoms in total. The van der Waals surface area contributed by atoms with E-state index >= 15 is 0 Å². The van der Waals surface area contributed by atoms with E-state index in [1.165, 1.54) is 0 Å². The molecule has 2 aliphatic heterocycles. The second-order valence-corrected chi connectivity index (χ2v) is 8.33. The number of aromatic nitrogens is 4. The highest BCUT2D eigenvalue weighted by Crippen LogP contribution is 2.40. The molecule has 0 radical (unpaired) electrons. The summed E-state index contributed by atoms with van der Waals surface area (Å²) in [6.07, 6.45) is 8.37. The van der Waals surface area contributed by atoms with Crippen LogP contribution < -0.4 is 4.90 Å². The molecule has 2 aliphatic rings. The molecule has 4 heterocycles. The third-order valence-corrected chi connectivity index (χ3v) is 6.35. The molecule has 2 saturated heterocycles. The fourth-order valence-electron chi connectivity index (χ4n) is 4.74. The van der Waals surface area contributed by atoms with E-state index in [0.29, 0.717) is 19.5 Å². The highest BCUT2D eigenvalue weighted by molar-refractivity contribution is 5.76. The van der Waals surface area contributed by atoms with Gasteiger partial charge in [-0.05, 0) is 38.7 Å². The van der Waals surface area contributed by atoms with E-state index in [1.54, 1.807) is 17.1 Å². The van der Waals surface area contributed by atoms with E-state index in [0.717, 1.165) is 49.6 Å². The highest BCUT2D eigenvalue weighted by Gasteiger charge is 2.46. The summed E-state index contributed by atoms with van der Waals surface area (Å²) in [6.45, 7) is 7.07. The average molecular weight is 399 g/mol. The van der Waals surface area contributed by atoms with Crippen LogP contribution in [0.1, 0.15) is 37.6 Å². The largest absolute Gasteiger partial charge is 0.392 e. The van der Waals surface area contributed by atoms with Gasteiger partial charge in [-0.15, -0.1) is 0 Å². The maximum atomic E-state index is 12.8. The first-order chi connectivity index (χ1) is 14.0. The van der Waals surface area contributed by atoms with E-state index in [1.807, 2.05) is 24.1 Å². The molecule has 1 amide bonds. The number of hydrogen-bond acceptors (Lipinski definition) is 6. The van der Waals surface area contributed by atoms with E-state index in [4.69, 9.17) is 4.98 Å². The average Bonchev–Trinajstić information content (AvgIpc) is 3.23. The molecule has 2 atom stereocenters. The van der Waals surface area contributed by atoms with Crippen molar-refractivity contribution in [3.63, 3.8) is 0 Å². The van der Waals surface area contributed by atoms with Crippen molar-refractivity contribution in [2.24, 2.45) is 5.41 Å². The van der Waals surface area contributed by atoms with Gasteiger partial charge in [0.15, 0.2) is 0 Å². The van der Waals surface area contributed by atoms with Crippen LogP contribution in [0.15, 0.2) is 24.7 Å². The third-order valence-electron chi connectivity index (χ3n) is 6.35. The number of carbonyl (C=O) groups is 1. The Bertz CT molecular complexity index is 855. The lowest BCUT2D eigenvalue weighted by Gasteiger charge is -2.51. The van der Waals surface area contributed by atoms with Crippen LogP contribution in [0.4, 0.5) is 5.82 Å². The number of carbonyl (C=O) groups excluding carboxylic acids is 1. The zero-order valence-corrected chi connectivity index (χ0v) is 17.3. The summed E-state index contributed by atoms with van der Waals surface area (Å²) in [5.41, 5.74) is 0.810. The van der Waals surface area contributed by atoms with Crippen molar-refractivity contribution in [3.05, 3.63) is 36.0 Å². The first kappa shape index (κ1) is 19.8. The summed E-state index contributed by atoms with van der Waals surface area (Å²) >= 11 is 0. The monoisotopic (exact) mass is 398 g/mol. The molecule has 1 spiro atoms. The zero-order valence-electron chi connectivity index (χ0n) is 17.3. The maximum absolute atomic E-state index is 12.8. The van der Waals surface area contributed by atoms with Crippen LogP contribution >= 0.6 is 0 Å². The molecule has 2 aromatic heterocycles. The number of aliphatic hydroxyl groups excluding tert-OH is 1. The van der Waals surface area contributed by atoms with Gasteiger partial charge in [-0.3, -0.25) is 9.48 Å². The van der Waals surface area contributed by atoms with E-state index < -0.39 is 6.10 Å². The molecule has 0 aliphatic carbocycles. The molecule has 2 fully saturated rings. The number of likely N-dealkylation sites (tertiary alicyclic amines) is 1. The number of piperidine rings is 2. The van der Waals surface area contributed by atoms with Crippen molar-refractivity contribution >= 4 is 11.7 Å². The summed E-state index contributed by atoms with van der Waals surface area (Å²) < 4.78 is 1.66. The fraction of sp³-hybridized carbons (Fsp3) is 0.619. The minimum Gasteiger partial charge on any atom is -0.392 e. The van der Waals surface area contributed by atoms with Crippen molar-refractivity contribution in [2.75, 3.05) is 31.1 Å².